The van der Waals surface area contributed by atoms with Gasteiger partial charge < -0.3 is 9.15 Å². The van der Waals surface area contributed by atoms with Crippen molar-refractivity contribution in [3.63, 3.8) is 0 Å². The van der Waals surface area contributed by atoms with E-state index >= 15 is 0 Å². The van der Waals surface area contributed by atoms with E-state index in [0.717, 1.165) is 15.4 Å². The highest BCUT2D eigenvalue weighted by molar-refractivity contribution is 9.10. The van der Waals surface area contributed by atoms with Crippen molar-refractivity contribution in [3.8, 4) is 18.1 Å². The summed E-state index contributed by atoms with van der Waals surface area (Å²) in [6, 6.07) is 14.5. The van der Waals surface area contributed by atoms with Gasteiger partial charge in [0.15, 0.2) is 5.76 Å². The van der Waals surface area contributed by atoms with Crippen LogP contribution >= 0.6 is 15.9 Å². The predicted octanol–water partition coefficient (Wildman–Crippen LogP) is 3.97. The van der Waals surface area contributed by atoms with Gasteiger partial charge in [-0.05, 0) is 51.8 Å². The molecule has 1 aromatic heterocycles. The van der Waals surface area contributed by atoms with E-state index in [4.69, 9.17) is 15.6 Å². The maximum Gasteiger partial charge on any atom is 0.307 e. The molecule has 3 rings (SSSR count). The summed E-state index contributed by atoms with van der Waals surface area (Å²) in [7, 11) is 0. The molecule has 1 heterocycles. The molecule has 1 N–H and O–H groups in total. The fourth-order valence-electron chi connectivity index (χ4n) is 2.15. The monoisotopic (exact) mass is 396 g/mol. The van der Waals surface area contributed by atoms with E-state index < -0.39 is 5.91 Å². The number of terminal acetylenes is 1. The molecule has 124 valence electrons. The summed E-state index contributed by atoms with van der Waals surface area (Å²) in [5.74, 6) is 2.83. The summed E-state index contributed by atoms with van der Waals surface area (Å²) in [6.45, 7) is 0.194. The molecule has 3 aromatic rings. The third kappa shape index (κ3) is 4.08. The Labute approximate surface area is 152 Å². The molecule has 6 heteroatoms. The van der Waals surface area contributed by atoms with E-state index in [9.17, 15) is 4.79 Å². The van der Waals surface area contributed by atoms with Crippen molar-refractivity contribution in [2.45, 2.75) is 0 Å². The van der Waals surface area contributed by atoms with Crippen molar-refractivity contribution in [3.05, 3.63) is 64.3 Å². The fourth-order valence-corrected chi connectivity index (χ4v) is 2.66. The van der Waals surface area contributed by atoms with Crippen molar-refractivity contribution < 1.29 is 13.9 Å². The molecule has 25 heavy (non-hydrogen) atoms. The van der Waals surface area contributed by atoms with Gasteiger partial charge in [0.1, 0.15) is 17.9 Å². The molecule has 0 bridgehead atoms. The van der Waals surface area contributed by atoms with Crippen LogP contribution in [0.2, 0.25) is 0 Å². The molecule has 0 spiro atoms. The number of amides is 1. The van der Waals surface area contributed by atoms with E-state index in [0.29, 0.717) is 11.3 Å². The lowest BCUT2D eigenvalue weighted by Crippen LogP contribution is -2.16. The van der Waals surface area contributed by atoms with Crippen LogP contribution in [0, 0.1) is 12.3 Å². The summed E-state index contributed by atoms with van der Waals surface area (Å²) in [6.07, 6.45) is 6.69. The van der Waals surface area contributed by atoms with Gasteiger partial charge in [-0.25, -0.2) is 5.43 Å². The van der Waals surface area contributed by atoms with Crippen molar-refractivity contribution in [2.75, 3.05) is 6.61 Å². The first-order valence-corrected chi connectivity index (χ1v) is 8.14. The summed E-state index contributed by atoms with van der Waals surface area (Å²) in [4.78, 5) is 12.1. The van der Waals surface area contributed by atoms with Crippen LogP contribution in [-0.4, -0.2) is 18.7 Å². The second kappa shape index (κ2) is 7.69. The number of fused-ring (bicyclic) bond motifs is 1. The number of ether oxygens (including phenoxy) is 1. The molecule has 1 amide bonds. The van der Waals surface area contributed by atoms with E-state index in [2.05, 4.69) is 32.4 Å². The molecule has 0 saturated heterocycles. The van der Waals surface area contributed by atoms with Gasteiger partial charge in [-0.1, -0.05) is 24.1 Å². The first kappa shape index (κ1) is 16.8. The van der Waals surface area contributed by atoms with Gasteiger partial charge in [0.05, 0.1) is 10.7 Å². The first-order chi connectivity index (χ1) is 12.2. The number of hydrogen-bond donors (Lipinski definition) is 1. The fraction of sp³-hybridized carbons (Fsp3) is 0.0526. The number of furan rings is 1. The second-order valence-corrected chi connectivity index (χ2v) is 5.88. The van der Waals surface area contributed by atoms with Gasteiger partial charge in [0.2, 0.25) is 0 Å². The average molecular weight is 397 g/mol. The van der Waals surface area contributed by atoms with E-state index in [1.807, 2.05) is 24.3 Å². The Morgan fingerprint density at radius 3 is 2.92 bits per heavy atom. The lowest BCUT2D eigenvalue weighted by atomic mass is 10.2. The first-order valence-electron chi connectivity index (χ1n) is 7.35. The Bertz CT molecular complexity index is 953. The Hall–Kier alpha value is -3.04. The number of nitrogens with zero attached hydrogens (tertiary/aromatic N) is 1. The van der Waals surface area contributed by atoms with E-state index in [-0.39, 0.29) is 12.4 Å². The smallest absolute Gasteiger partial charge is 0.307 e. The van der Waals surface area contributed by atoms with Crippen LogP contribution in [0.5, 0.6) is 5.75 Å². The third-order valence-corrected chi connectivity index (χ3v) is 3.92. The number of benzene rings is 2. The molecule has 0 atom stereocenters. The lowest BCUT2D eigenvalue weighted by Gasteiger charge is -2.05. The minimum Gasteiger partial charge on any atom is -0.480 e. The number of rotatable bonds is 5. The predicted molar refractivity (Wildman–Crippen MR) is 99.7 cm³/mol. The SMILES string of the molecule is C#CCOc1ccc(/C=N/NC(=O)c2cc3ccccc3o2)cc1Br. The zero-order valence-electron chi connectivity index (χ0n) is 13.0. The summed E-state index contributed by atoms with van der Waals surface area (Å²) < 4.78 is 11.6. The zero-order chi connectivity index (χ0) is 17.6. The Morgan fingerprint density at radius 1 is 1.32 bits per heavy atom. The molecule has 2 aromatic carbocycles. The molecular formula is C19H13BrN2O3. The largest absolute Gasteiger partial charge is 0.480 e. The van der Waals surface area contributed by atoms with Gasteiger partial charge in [0.25, 0.3) is 0 Å². The van der Waals surface area contributed by atoms with Gasteiger partial charge in [-0.2, -0.15) is 5.10 Å². The zero-order valence-corrected chi connectivity index (χ0v) is 14.6. The quantitative estimate of drug-likeness (QED) is 0.403. The number of hydrogen-bond acceptors (Lipinski definition) is 4. The van der Waals surface area contributed by atoms with Crippen LogP contribution in [0.3, 0.4) is 0 Å². The highest BCUT2D eigenvalue weighted by atomic mass is 79.9. The number of carbonyl (C=O) groups excluding carboxylic acids is 1. The molecule has 0 radical (unpaired) electrons. The van der Waals surface area contributed by atoms with E-state index in [1.54, 1.807) is 24.3 Å². The van der Waals surface area contributed by atoms with Crippen LogP contribution in [-0.2, 0) is 0 Å². The maximum atomic E-state index is 12.1. The van der Waals surface area contributed by atoms with Crippen LogP contribution in [0.4, 0.5) is 0 Å². The number of para-hydroxylation sites is 1. The van der Waals surface area contributed by atoms with Gasteiger partial charge in [-0.3, -0.25) is 4.79 Å². The number of hydrazone groups is 1. The molecular weight excluding hydrogens is 384 g/mol. The lowest BCUT2D eigenvalue weighted by molar-refractivity contribution is 0.0929. The second-order valence-electron chi connectivity index (χ2n) is 5.03. The van der Waals surface area contributed by atoms with Gasteiger partial charge in [-0.15, -0.1) is 6.42 Å². The van der Waals surface area contributed by atoms with Gasteiger partial charge in [0, 0.05) is 5.39 Å². The normalized spacial score (nSPS) is 10.7. The van der Waals surface area contributed by atoms with Crippen LogP contribution < -0.4 is 10.2 Å². The Kier molecular flexibility index (Phi) is 5.17. The van der Waals surface area contributed by atoms with Crippen LogP contribution in [0.15, 0.2) is 62.5 Å². The molecule has 0 saturated carbocycles. The van der Waals surface area contributed by atoms with Crippen molar-refractivity contribution >= 4 is 39.0 Å². The average Bonchev–Trinajstić information content (AvgIpc) is 3.05. The number of carbonyl (C=O) groups is 1. The molecule has 0 aliphatic heterocycles. The molecule has 5 nitrogen and oxygen atoms in total. The van der Waals surface area contributed by atoms with Crippen molar-refractivity contribution in [2.24, 2.45) is 5.10 Å². The topological polar surface area (TPSA) is 63.8 Å². The van der Waals surface area contributed by atoms with Gasteiger partial charge >= 0.3 is 5.91 Å². The Morgan fingerprint density at radius 2 is 2.16 bits per heavy atom. The molecule has 0 aliphatic carbocycles. The van der Waals surface area contributed by atoms with Crippen molar-refractivity contribution in [1.29, 1.82) is 0 Å². The summed E-state index contributed by atoms with van der Waals surface area (Å²) >= 11 is 3.40. The van der Waals surface area contributed by atoms with Crippen LogP contribution in [0.1, 0.15) is 16.1 Å². The third-order valence-electron chi connectivity index (χ3n) is 3.30. The highest BCUT2D eigenvalue weighted by Gasteiger charge is 2.10. The van der Waals surface area contributed by atoms with E-state index in [1.165, 1.54) is 6.21 Å². The molecule has 0 fully saturated rings. The number of halogens is 1. The van der Waals surface area contributed by atoms with Crippen LogP contribution in [0.25, 0.3) is 11.0 Å². The highest BCUT2D eigenvalue weighted by Crippen LogP contribution is 2.25. The molecule has 0 unspecified atom stereocenters. The summed E-state index contributed by atoms with van der Waals surface area (Å²) in [5, 5.41) is 4.81. The minimum absolute atomic E-state index is 0.194. The minimum atomic E-state index is -0.416. The molecule has 0 aliphatic rings. The standard InChI is InChI=1S/C19H13BrN2O3/c1-2-9-24-17-8-7-13(10-15(17)20)12-21-22-19(23)18-11-14-5-3-4-6-16(14)25-18/h1,3-8,10-12H,9H2,(H,22,23)/b21-12+. The van der Waals surface area contributed by atoms with Crippen molar-refractivity contribution in [1.82, 2.24) is 5.43 Å². The summed E-state index contributed by atoms with van der Waals surface area (Å²) in [5.41, 5.74) is 3.88. The maximum absolute atomic E-state index is 12.1. The Balaban J connectivity index is 1.65. The number of nitrogens with one attached hydrogen (secondary N) is 1.